The summed E-state index contributed by atoms with van der Waals surface area (Å²) in [5.74, 6) is -0.0639. The lowest BCUT2D eigenvalue weighted by atomic mass is 10.0. The number of aliphatic hydroxyl groups is 2. The highest BCUT2D eigenvalue weighted by Crippen LogP contribution is 2.17. The zero-order valence-corrected chi connectivity index (χ0v) is 41.6. The number of hydrogen-bond acceptors (Lipinski definition) is 5. The van der Waals surface area contributed by atoms with Crippen LogP contribution < -0.4 is 5.32 Å². The molecule has 366 valence electrons. The number of carbonyl (C=O) groups is 2. The monoisotopic (exact) mass is 874 g/mol. The SMILES string of the molecule is CCCCCCCCCCCCCCCCCCCCC(=O)OCCCCC/C=C\C/C=C\CCCCCCCCCC(=O)NC(CO)C(O)CCCCCCCCCCCC. The van der Waals surface area contributed by atoms with Gasteiger partial charge in [-0.05, 0) is 64.2 Å². The number of aliphatic hydroxyl groups excluding tert-OH is 2. The molecule has 62 heavy (non-hydrogen) atoms. The Morgan fingerprint density at radius 2 is 0.806 bits per heavy atom. The number of carbonyl (C=O) groups excluding carboxylic acids is 2. The minimum Gasteiger partial charge on any atom is -0.466 e. The molecule has 2 atom stereocenters. The van der Waals surface area contributed by atoms with Gasteiger partial charge < -0.3 is 20.3 Å². The second kappa shape index (κ2) is 52.0. The molecule has 0 aliphatic heterocycles. The van der Waals surface area contributed by atoms with E-state index < -0.39 is 12.1 Å². The predicted molar refractivity (Wildman–Crippen MR) is 269 cm³/mol. The third-order valence-corrected chi connectivity index (χ3v) is 12.8. The topological polar surface area (TPSA) is 95.9 Å². The Balaban J connectivity index is 3.45. The molecule has 2 unspecified atom stereocenters. The van der Waals surface area contributed by atoms with E-state index in [1.165, 1.54) is 180 Å². The van der Waals surface area contributed by atoms with Gasteiger partial charge in [0.25, 0.3) is 0 Å². The van der Waals surface area contributed by atoms with Crippen molar-refractivity contribution in [3.8, 4) is 0 Å². The van der Waals surface area contributed by atoms with Crippen molar-refractivity contribution in [1.29, 1.82) is 0 Å². The standard InChI is InChI=1S/C56H107NO5/c1-3-5-7-9-11-13-15-16-17-18-21-24-27-30-34-38-42-46-50-56(61)62-51-47-43-39-35-31-28-25-22-19-20-23-26-29-33-37-41-45-49-55(60)57-53(52-58)54(59)48-44-40-36-32-14-12-10-8-6-4-2/h19,22,28,31,53-54,58-59H,3-18,20-21,23-27,29-30,32-52H2,1-2H3,(H,57,60)/b22-19-,31-28-. The lowest BCUT2D eigenvalue weighted by molar-refractivity contribution is -0.143. The molecule has 0 rings (SSSR count). The maximum Gasteiger partial charge on any atom is 0.305 e. The average molecular weight is 874 g/mol. The summed E-state index contributed by atoms with van der Waals surface area (Å²) < 4.78 is 5.46. The molecule has 1 amide bonds. The van der Waals surface area contributed by atoms with E-state index in [9.17, 15) is 19.8 Å². The number of esters is 1. The minimum atomic E-state index is -0.672. The first-order chi connectivity index (χ1) is 30.5. The van der Waals surface area contributed by atoms with Gasteiger partial charge in [-0.3, -0.25) is 9.59 Å². The first-order valence-electron chi connectivity index (χ1n) is 27.6. The quantitative estimate of drug-likeness (QED) is 0.0321. The highest BCUT2D eigenvalue weighted by molar-refractivity contribution is 5.76. The van der Waals surface area contributed by atoms with E-state index in [1.807, 2.05) is 0 Å². The molecule has 0 saturated heterocycles. The Morgan fingerprint density at radius 1 is 0.452 bits per heavy atom. The van der Waals surface area contributed by atoms with Crippen LogP contribution in [0.2, 0.25) is 0 Å². The lowest BCUT2D eigenvalue weighted by Crippen LogP contribution is -2.45. The number of allylic oxidation sites excluding steroid dienone is 4. The summed E-state index contributed by atoms with van der Waals surface area (Å²) in [7, 11) is 0. The zero-order chi connectivity index (χ0) is 45.1. The fraction of sp³-hybridized carbons (Fsp3) is 0.893. The van der Waals surface area contributed by atoms with Crippen LogP contribution in [-0.2, 0) is 14.3 Å². The Labute approximate surface area is 386 Å². The van der Waals surface area contributed by atoms with Crippen LogP contribution in [0.3, 0.4) is 0 Å². The highest BCUT2D eigenvalue weighted by atomic mass is 16.5. The molecule has 0 fully saturated rings. The molecule has 0 spiro atoms. The zero-order valence-electron chi connectivity index (χ0n) is 41.6. The van der Waals surface area contributed by atoms with Crippen molar-refractivity contribution in [3.05, 3.63) is 24.3 Å². The van der Waals surface area contributed by atoms with Crippen molar-refractivity contribution in [2.24, 2.45) is 0 Å². The summed E-state index contributed by atoms with van der Waals surface area (Å²) in [6.07, 6.45) is 61.7. The Bertz CT molecular complexity index is 966. The number of ether oxygens (including phenoxy) is 1. The number of unbranched alkanes of at least 4 members (excludes halogenated alkanes) is 36. The van der Waals surface area contributed by atoms with E-state index in [1.54, 1.807) is 0 Å². The first-order valence-corrected chi connectivity index (χ1v) is 27.6. The average Bonchev–Trinajstić information content (AvgIpc) is 3.27. The number of amides is 1. The maximum absolute atomic E-state index is 12.4. The van der Waals surface area contributed by atoms with Gasteiger partial charge in [-0.1, -0.05) is 244 Å². The van der Waals surface area contributed by atoms with Crippen LogP contribution in [0.25, 0.3) is 0 Å². The molecular weight excluding hydrogens is 767 g/mol. The third kappa shape index (κ3) is 47.8. The Hall–Kier alpha value is -1.66. The van der Waals surface area contributed by atoms with Gasteiger partial charge in [0.05, 0.1) is 25.4 Å². The van der Waals surface area contributed by atoms with Crippen LogP contribution in [0.15, 0.2) is 24.3 Å². The molecular formula is C56H107NO5. The molecule has 0 aromatic heterocycles. The summed E-state index contributed by atoms with van der Waals surface area (Å²) in [5.41, 5.74) is 0. The lowest BCUT2D eigenvalue weighted by Gasteiger charge is -2.22. The first kappa shape index (κ1) is 60.3. The van der Waals surface area contributed by atoms with Gasteiger partial charge in [-0.25, -0.2) is 0 Å². The Kier molecular flexibility index (Phi) is 50.6. The van der Waals surface area contributed by atoms with Crippen LogP contribution >= 0.6 is 0 Å². The summed E-state index contributed by atoms with van der Waals surface area (Å²) >= 11 is 0. The fourth-order valence-corrected chi connectivity index (χ4v) is 8.49. The summed E-state index contributed by atoms with van der Waals surface area (Å²) in [6.45, 7) is 4.90. The molecule has 0 aliphatic rings. The molecule has 3 N–H and O–H groups in total. The van der Waals surface area contributed by atoms with Gasteiger partial charge in [-0.2, -0.15) is 0 Å². The largest absolute Gasteiger partial charge is 0.466 e. The fourth-order valence-electron chi connectivity index (χ4n) is 8.49. The van der Waals surface area contributed by atoms with Gasteiger partial charge >= 0.3 is 5.97 Å². The summed E-state index contributed by atoms with van der Waals surface area (Å²) in [4.78, 5) is 24.5. The number of hydrogen-bond donors (Lipinski definition) is 3. The molecule has 0 aliphatic carbocycles. The van der Waals surface area contributed by atoms with Crippen molar-refractivity contribution < 1.29 is 24.5 Å². The summed E-state index contributed by atoms with van der Waals surface area (Å²) in [5, 5.41) is 23.1. The van der Waals surface area contributed by atoms with E-state index in [4.69, 9.17) is 4.74 Å². The van der Waals surface area contributed by atoms with E-state index in [2.05, 4.69) is 43.5 Å². The van der Waals surface area contributed by atoms with Crippen LogP contribution in [-0.4, -0.2) is 47.4 Å². The van der Waals surface area contributed by atoms with Crippen molar-refractivity contribution in [1.82, 2.24) is 5.32 Å². The second-order valence-corrected chi connectivity index (χ2v) is 18.9. The van der Waals surface area contributed by atoms with Gasteiger partial charge in [0.1, 0.15) is 0 Å². The summed E-state index contributed by atoms with van der Waals surface area (Å²) in [6, 6.07) is -0.551. The van der Waals surface area contributed by atoms with Crippen molar-refractivity contribution in [2.45, 2.75) is 309 Å². The molecule has 0 saturated carbocycles. The second-order valence-electron chi connectivity index (χ2n) is 18.9. The van der Waals surface area contributed by atoms with Gasteiger partial charge in [0.2, 0.25) is 5.91 Å². The van der Waals surface area contributed by atoms with Gasteiger partial charge in [0, 0.05) is 12.8 Å². The predicted octanol–water partition coefficient (Wildman–Crippen LogP) is 16.7. The van der Waals surface area contributed by atoms with Crippen molar-refractivity contribution >= 4 is 11.9 Å². The van der Waals surface area contributed by atoms with E-state index >= 15 is 0 Å². The molecule has 6 heteroatoms. The Morgan fingerprint density at radius 3 is 1.23 bits per heavy atom. The molecule has 0 heterocycles. The van der Waals surface area contributed by atoms with Gasteiger partial charge in [0.15, 0.2) is 0 Å². The minimum absolute atomic E-state index is 0.0113. The van der Waals surface area contributed by atoms with E-state index in [0.29, 0.717) is 25.9 Å². The van der Waals surface area contributed by atoms with Crippen molar-refractivity contribution in [3.63, 3.8) is 0 Å². The third-order valence-electron chi connectivity index (χ3n) is 12.8. The number of rotatable bonds is 51. The van der Waals surface area contributed by atoms with Crippen LogP contribution in [0, 0.1) is 0 Å². The van der Waals surface area contributed by atoms with Crippen LogP contribution in [0.1, 0.15) is 296 Å². The number of nitrogens with one attached hydrogen (secondary N) is 1. The van der Waals surface area contributed by atoms with Crippen LogP contribution in [0.5, 0.6) is 0 Å². The normalized spacial score (nSPS) is 12.8. The molecule has 6 nitrogen and oxygen atoms in total. The van der Waals surface area contributed by atoms with Crippen LogP contribution in [0.4, 0.5) is 0 Å². The molecule has 0 bridgehead atoms. The molecule has 0 aromatic rings. The highest BCUT2D eigenvalue weighted by Gasteiger charge is 2.20. The smallest absolute Gasteiger partial charge is 0.305 e. The maximum atomic E-state index is 12.4. The van der Waals surface area contributed by atoms with Crippen molar-refractivity contribution in [2.75, 3.05) is 13.2 Å². The van der Waals surface area contributed by atoms with E-state index in [0.717, 1.165) is 83.5 Å². The van der Waals surface area contributed by atoms with E-state index in [-0.39, 0.29) is 18.5 Å². The molecule has 0 aromatic carbocycles. The van der Waals surface area contributed by atoms with Gasteiger partial charge in [-0.15, -0.1) is 0 Å². The molecule has 0 radical (unpaired) electrons.